The molecule has 0 radical (unpaired) electrons. The number of aromatic nitrogens is 4. The molecule has 0 saturated heterocycles. The van der Waals surface area contributed by atoms with E-state index in [1.54, 1.807) is 24.4 Å². The minimum Gasteiger partial charge on any atom is -0.341 e. The van der Waals surface area contributed by atoms with Crippen LogP contribution in [0.15, 0.2) is 59.5 Å². The molecule has 5 rings (SSSR count). The number of fused-ring (bicyclic) bond motifs is 3. The van der Waals surface area contributed by atoms with Gasteiger partial charge in [0.1, 0.15) is 5.65 Å². The number of benzene rings is 2. The molecule has 5 aromatic rings. The zero-order chi connectivity index (χ0) is 18.5. The fourth-order valence-corrected chi connectivity index (χ4v) is 3.85. The molecule has 3 heterocycles. The Bertz CT molecular complexity index is 1370. The molecular weight excluding hydrogens is 383 g/mol. The number of nitrogens with zero attached hydrogens (tertiary/aromatic N) is 1. The lowest BCUT2D eigenvalue weighted by atomic mass is 10.0. The van der Waals surface area contributed by atoms with Crippen LogP contribution >= 0.6 is 23.2 Å². The molecular formula is C20H12Cl2N4O. The van der Waals surface area contributed by atoms with Gasteiger partial charge in [0.25, 0.3) is 5.56 Å². The van der Waals surface area contributed by atoms with Gasteiger partial charge in [-0.25, -0.2) is 0 Å². The normalized spacial score (nSPS) is 11.5. The Morgan fingerprint density at radius 2 is 1.74 bits per heavy atom. The van der Waals surface area contributed by atoms with Gasteiger partial charge in [0.2, 0.25) is 0 Å². The SMILES string of the molecule is O=c1[nH]c2[nH]c3ccc(-c4ccn[nH]4)cc3c2cc1-c1ccc(Cl)cc1Cl. The van der Waals surface area contributed by atoms with Gasteiger partial charge in [-0.2, -0.15) is 5.10 Å². The molecule has 0 unspecified atom stereocenters. The number of aromatic amines is 3. The third kappa shape index (κ3) is 2.63. The number of hydrogen-bond acceptors (Lipinski definition) is 2. The first-order chi connectivity index (χ1) is 13.1. The minimum atomic E-state index is -0.216. The monoisotopic (exact) mass is 394 g/mol. The number of H-pyrrole nitrogens is 3. The average molecular weight is 395 g/mol. The van der Waals surface area contributed by atoms with Crippen molar-refractivity contribution in [3.05, 3.63) is 75.1 Å². The molecule has 7 heteroatoms. The van der Waals surface area contributed by atoms with Crippen LogP contribution in [0.3, 0.4) is 0 Å². The highest BCUT2D eigenvalue weighted by atomic mass is 35.5. The summed E-state index contributed by atoms with van der Waals surface area (Å²) in [4.78, 5) is 18.8. The summed E-state index contributed by atoms with van der Waals surface area (Å²) in [5.74, 6) is 0. The van der Waals surface area contributed by atoms with E-state index in [1.165, 1.54) is 0 Å². The predicted molar refractivity (Wildman–Crippen MR) is 109 cm³/mol. The number of halogens is 2. The number of hydrogen-bond donors (Lipinski definition) is 3. The van der Waals surface area contributed by atoms with Crippen LogP contribution in [0.2, 0.25) is 10.0 Å². The van der Waals surface area contributed by atoms with Crippen LogP contribution < -0.4 is 5.56 Å². The van der Waals surface area contributed by atoms with Crippen molar-refractivity contribution in [1.29, 1.82) is 0 Å². The Balaban J connectivity index is 1.79. The van der Waals surface area contributed by atoms with Crippen LogP contribution in [-0.4, -0.2) is 20.2 Å². The number of rotatable bonds is 2. The maximum Gasteiger partial charge on any atom is 0.257 e. The Morgan fingerprint density at radius 1 is 0.852 bits per heavy atom. The van der Waals surface area contributed by atoms with Crippen molar-refractivity contribution in [2.45, 2.75) is 0 Å². The molecule has 5 nitrogen and oxygen atoms in total. The van der Waals surface area contributed by atoms with Crippen molar-refractivity contribution in [2.75, 3.05) is 0 Å². The molecule has 0 fully saturated rings. The number of pyridine rings is 1. The van der Waals surface area contributed by atoms with Gasteiger partial charge in [0, 0.05) is 44.2 Å². The predicted octanol–water partition coefficient (Wildman–Crippen LogP) is 5.37. The van der Waals surface area contributed by atoms with Gasteiger partial charge in [-0.3, -0.25) is 9.89 Å². The van der Waals surface area contributed by atoms with E-state index < -0.39 is 0 Å². The zero-order valence-corrected chi connectivity index (χ0v) is 15.3. The standard InChI is InChI=1S/C20H12Cl2N4O/c21-11-2-3-12(16(22)8-11)15-9-14-13-7-10(17-5-6-23-26-17)1-4-18(13)24-19(14)25-20(15)27/h1-9H,(H,23,26)(H2,24,25,27). The van der Waals surface area contributed by atoms with Crippen LogP contribution in [-0.2, 0) is 0 Å². The topological polar surface area (TPSA) is 77.3 Å². The minimum absolute atomic E-state index is 0.216. The van der Waals surface area contributed by atoms with Crippen molar-refractivity contribution >= 4 is 45.1 Å². The van der Waals surface area contributed by atoms with Crippen molar-refractivity contribution in [3.8, 4) is 22.4 Å². The van der Waals surface area contributed by atoms with E-state index in [4.69, 9.17) is 23.2 Å². The van der Waals surface area contributed by atoms with Crippen molar-refractivity contribution in [1.82, 2.24) is 20.2 Å². The summed E-state index contributed by atoms with van der Waals surface area (Å²) in [5.41, 5.74) is 4.47. The van der Waals surface area contributed by atoms with Gasteiger partial charge >= 0.3 is 0 Å². The van der Waals surface area contributed by atoms with Crippen molar-refractivity contribution < 1.29 is 0 Å². The second kappa shape index (κ2) is 6.01. The van der Waals surface area contributed by atoms with Crippen LogP contribution in [0.4, 0.5) is 0 Å². The first-order valence-corrected chi connectivity index (χ1v) is 9.00. The molecule has 2 aromatic carbocycles. The Kier molecular flexibility index (Phi) is 3.60. The van der Waals surface area contributed by atoms with E-state index in [9.17, 15) is 4.79 Å². The smallest absolute Gasteiger partial charge is 0.257 e. The molecule has 0 spiro atoms. The van der Waals surface area contributed by atoms with Crippen LogP contribution in [0.25, 0.3) is 44.3 Å². The summed E-state index contributed by atoms with van der Waals surface area (Å²) in [7, 11) is 0. The van der Waals surface area contributed by atoms with Gasteiger partial charge < -0.3 is 9.97 Å². The summed E-state index contributed by atoms with van der Waals surface area (Å²) in [5, 5.41) is 9.84. The Labute approximate surface area is 163 Å². The summed E-state index contributed by atoms with van der Waals surface area (Å²) < 4.78 is 0. The molecule has 0 aliphatic rings. The molecule has 3 aromatic heterocycles. The first kappa shape index (κ1) is 16.2. The lowest BCUT2D eigenvalue weighted by Gasteiger charge is -2.05. The van der Waals surface area contributed by atoms with Gasteiger partial charge in [0.05, 0.1) is 10.7 Å². The highest BCUT2D eigenvalue weighted by Crippen LogP contribution is 2.33. The van der Waals surface area contributed by atoms with Crippen LogP contribution in [0.1, 0.15) is 0 Å². The molecule has 27 heavy (non-hydrogen) atoms. The summed E-state index contributed by atoms with van der Waals surface area (Å²) in [6.45, 7) is 0. The van der Waals surface area contributed by atoms with Crippen molar-refractivity contribution in [3.63, 3.8) is 0 Å². The van der Waals surface area contributed by atoms with E-state index >= 15 is 0 Å². The maximum absolute atomic E-state index is 12.6. The lowest BCUT2D eigenvalue weighted by molar-refractivity contribution is 1.10. The van der Waals surface area contributed by atoms with E-state index in [0.29, 0.717) is 26.8 Å². The second-order valence-corrected chi connectivity index (χ2v) is 7.12. The summed E-state index contributed by atoms with van der Waals surface area (Å²) in [6.07, 6.45) is 1.72. The molecule has 0 atom stereocenters. The van der Waals surface area contributed by atoms with E-state index in [0.717, 1.165) is 27.5 Å². The molecule has 0 aliphatic heterocycles. The van der Waals surface area contributed by atoms with Gasteiger partial charge in [-0.15, -0.1) is 0 Å². The van der Waals surface area contributed by atoms with Crippen LogP contribution in [0, 0.1) is 0 Å². The molecule has 0 aliphatic carbocycles. The fraction of sp³-hybridized carbons (Fsp3) is 0. The summed E-state index contributed by atoms with van der Waals surface area (Å²) in [6, 6.07) is 14.9. The molecule has 0 amide bonds. The lowest BCUT2D eigenvalue weighted by Crippen LogP contribution is -2.08. The molecule has 132 valence electrons. The molecule has 0 saturated carbocycles. The van der Waals surface area contributed by atoms with Gasteiger partial charge in [-0.05, 0) is 36.4 Å². The average Bonchev–Trinajstić information content (AvgIpc) is 3.28. The molecule has 3 N–H and O–H groups in total. The summed E-state index contributed by atoms with van der Waals surface area (Å²) >= 11 is 12.3. The largest absolute Gasteiger partial charge is 0.341 e. The first-order valence-electron chi connectivity index (χ1n) is 8.24. The highest BCUT2D eigenvalue weighted by Gasteiger charge is 2.13. The van der Waals surface area contributed by atoms with Crippen LogP contribution in [0.5, 0.6) is 0 Å². The van der Waals surface area contributed by atoms with E-state index in [-0.39, 0.29) is 5.56 Å². The van der Waals surface area contributed by atoms with Crippen molar-refractivity contribution in [2.24, 2.45) is 0 Å². The quantitative estimate of drug-likeness (QED) is 0.376. The van der Waals surface area contributed by atoms with E-state index in [1.807, 2.05) is 24.3 Å². The third-order valence-corrected chi connectivity index (χ3v) is 5.19. The maximum atomic E-state index is 12.6. The Morgan fingerprint density at radius 3 is 2.52 bits per heavy atom. The van der Waals surface area contributed by atoms with Gasteiger partial charge in [-0.1, -0.05) is 35.3 Å². The van der Waals surface area contributed by atoms with Gasteiger partial charge in [0.15, 0.2) is 0 Å². The fourth-order valence-electron chi connectivity index (χ4n) is 3.34. The second-order valence-electron chi connectivity index (χ2n) is 6.28. The molecule has 0 bridgehead atoms. The number of nitrogens with one attached hydrogen (secondary N) is 3. The highest BCUT2D eigenvalue weighted by molar-refractivity contribution is 6.36. The Hall–Kier alpha value is -3.02. The zero-order valence-electron chi connectivity index (χ0n) is 13.8. The third-order valence-electron chi connectivity index (χ3n) is 4.64. The van der Waals surface area contributed by atoms with E-state index in [2.05, 4.69) is 26.2 Å².